The van der Waals surface area contributed by atoms with Crippen LogP contribution in [0.1, 0.15) is 76.8 Å². The predicted molar refractivity (Wildman–Crippen MR) is 198 cm³/mol. The first-order chi connectivity index (χ1) is 24.7. The van der Waals surface area contributed by atoms with Gasteiger partial charge in [0, 0.05) is 73.2 Å². The van der Waals surface area contributed by atoms with Gasteiger partial charge in [-0.1, -0.05) is 44.2 Å². The molecule has 52 heavy (non-hydrogen) atoms. The van der Waals surface area contributed by atoms with Crippen LogP contribution >= 0.6 is 0 Å². The second-order valence-electron chi connectivity index (χ2n) is 15.6. The summed E-state index contributed by atoms with van der Waals surface area (Å²) in [6, 6.07) is 16.5. The van der Waals surface area contributed by atoms with Gasteiger partial charge < -0.3 is 29.4 Å². The topological polar surface area (TPSA) is 149 Å². The normalized spacial score (nSPS) is 19.2. The molecule has 2 aliphatic rings. The van der Waals surface area contributed by atoms with Gasteiger partial charge in [0.15, 0.2) is 0 Å². The molecule has 0 spiro atoms. The van der Waals surface area contributed by atoms with Crippen LogP contribution < -0.4 is 5.32 Å². The van der Waals surface area contributed by atoms with Crippen LogP contribution in [0, 0.1) is 15.5 Å². The van der Waals surface area contributed by atoms with E-state index in [0.717, 1.165) is 56.7 Å². The van der Waals surface area contributed by atoms with E-state index in [2.05, 4.69) is 54.9 Å². The molecule has 1 aliphatic carbocycles. The zero-order valence-electron chi connectivity index (χ0n) is 31.0. The second kappa shape index (κ2) is 14.3. The Labute approximate surface area is 304 Å². The van der Waals surface area contributed by atoms with E-state index in [1.165, 1.54) is 4.90 Å². The van der Waals surface area contributed by atoms with Crippen molar-refractivity contribution in [1.29, 1.82) is 0 Å². The highest BCUT2D eigenvalue weighted by atomic mass is 16.6. The number of nitro groups is 1. The van der Waals surface area contributed by atoms with E-state index < -0.39 is 29.2 Å². The summed E-state index contributed by atoms with van der Waals surface area (Å²) >= 11 is 0. The van der Waals surface area contributed by atoms with E-state index in [1.54, 1.807) is 34.1 Å². The number of carbonyl (C=O) groups is 2. The molecule has 12 heteroatoms. The number of alkyl carbamates (subject to hydrolysis) is 1. The number of nitrogens with one attached hydrogen (secondary N) is 1. The molecule has 1 aliphatic heterocycles. The van der Waals surface area contributed by atoms with Crippen LogP contribution in [0.15, 0.2) is 60.8 Å². The summed E-state index contributed by atoms with van der Waals surface area (Å²) in [5.41, 5.74) is 6.55. The fraction of sp³-hybridized carbons (Fsp3) is 0.475. The van der Waals surface area contributed by atoms with Crippen molar-refractivity contribution in [2.45, 2.75) is 90.6 Å². The summed E-state index contributed by atoms with van der Waals surface area (Å²) in [5, 5.41) is 25.9. The number of methoxy groups -OCH3 is 1. The van der Waals surface area contributed by atoms with Crippen LogP contribution in [0.2, 0.25) is 0 Å². The number of fused-ring (bicyclic) bond motifs is 5. The Hall–Kier alpha value is -4.81. The predicted octanol–water partition coefficient (Wildman–Crippen LogP) is 6.51. The van der Waals surface area contributed by atoms with Crippen LogP contribution in [0.3, 0.4) is 0 Å². The molecule has 4 aromatic rings. The first-order valence-corrected chi connectivity index (χ1v) is 17.9. The van der Waals surface area contributed by atoms with E-state index in [0.29, 0.717) is 0 Å². The lowest BCUT2D eigenvalue weighted by Crippen LogP contribution is -2.50. The molecule has 12 nitrogen and oxygen atoms in total. The molecule has 3 heterocycles. The Morgan fingerprint density at radius 3 is 2.50 bits per heavy atom. The minimum atomic E-state index is -0.982. The Balaban J connectivity index is 1.40. The van der Waals surface area contributed by atoms with Crippen molar-refractivity contribution in [1.82, 2.24) is 19.8 Å². The Morgan fingerprint density at radius 2 is 1.85 bits per heavy atom. The molecule has 1 saturated heterocycles. The fourth-order valence-electron chi connectivity index (χ4n) is 7.89. The SMILES string of the molecule is CCn1c2c(c3cc(-c4cccc(C[C@H](NC(=O)OC(C)(C)C)C(=O)N5CC[C@@H]([N+](=O)[O-])C5)c4)ccc31)C(C(C)(C)CO)[C@H](OC)c1ncccc1-2. The van der Waals surface area contributed by atoms with Crippen molar-refractivity contribution < 1.29 is 29.1 Å². The molecule has 4 atom stereocenters. The van der Waals surface area contributed by atoms with Crippen LogP contribution in [0.25, 0.3) is 33.3 Å². The molecular formula is C40H49N5O7. The zero-order valence-corrected chi connectivity index (χ0v) is 31.0. The van der Waals surface area contributed by atoms with E-state index in [-0.39, 0.29) is 55.4 Å². The van der Waals surface area contributed by atoms with Crippen LogP contribution in [-0.2, 0) is 27.2 Å². The number of aromatic nitrogens is 2. The number of carbonyl (C=O) groups excluding carboxylic acids is 2. The lowest BCUT2D eigenvalue weighted by molar-refractivity contribution is -0.517. The molecule has 6 rings (SSSR count). The third kappa shape index (κ3) is 7.01. The maximum Gasteiger partial charge on any atom is 0.408 e. The number of pyridine rings is 1. The van der Waals surface area contributed by atoms with Gasteiger partial charge in [-0.05, 0) is 79.6 Å². The number of aliphatic hydroxyl groups excluding tert-OH is 1. The van der Waals surface area contributed by atoms with Gasteiger partial charge in [0.25, 0.3) is 0 Å². The highest BCUT2D eigenvalue weighted by Gasteiger charge is 2.46. The van der Waals surface area contributed by atoms with Crippen molar-refractivity contribution in [2.75, 3.05) is 26.8 Å². The van der Waals surface area contributed by atoms with Gasteiger partial charge in [0.2, 0.25) is 11.9 Å². The highest BCUT2D eigenvalue weighted by Crippen LogP contribution is 2.56. The minimum Gasteiger partial charge on any atom is -0.444 e. The highest BCUT2D eigenvalue weighted by molar-refractivity contribution is 5.97. The molecule has 0 bridgehead atoms. The summed E-state index contributed by atoms with van der Waals surface area (Å²) in [6.45, 7) is 12.4. The lowest BCUT2D eigenvalue weighted by atomic mass is 9.67. The van der Waals surface area contributed by atoms with Crippen molar-refractivity contribution in [3.05, 3.63) is 87.7 Å². The Kier molecular flexibility index (Phi) is 10.2. The lowest BCUT2D eigenvalue weighted by Gasteiger charge is -2.41. The van der Waals surface area contributed by atoms with Crippen LogP contribution in [0.4, 0.5) is 4.79 Å². The number of hydrogen-bond acceptors (Lipinski definition) is 8. The number of nitrogens with zero attached hydrogens (tertiary/aromatic N) is 4. The summed E-state index contributed by atoms with van der Waals surface area (Å²) in [4.78, 5) is 44.0. The Morgan fingerprint density at radius 1 is 1.10 bits per heavy atom. The van der Waals surface area contributed by atoms with E-state index in [1.807, 2.05) is 30.3 Å². The minimum absolute atomic E-state index is 0.00133. The van der Waals surface area contributed by atoms with Crippen molar-refractivity contribution in [2.24, 2.45) is 5.41 Å². The fourth-order valence-corrected chi connectivity index (χ4v) is 7.89. The molecule has 1 unspecified atom stereocenters. The Bertz CT molecular complexity index is 2000. The van der Waals surface area contributed by atoms with Crippen LogP contribution in [0.5, 0.6) is 0 Å². The van der Waals surface area contributed by atoms with Gasteiger partial charge in [-0.3, -0.25) is 19.9 Å². The molecule has 2 N–H and O–H groups in total. The van der Waals surface area contributed by atoms with Gasteiger partial charge in [0.05, 0.1) is 17.9 Å². The third-order valence-electron chi connectivity index (χ3n) is 10.4. The standard InChI is InChI=1S/C40H49N5O7/c1-8-44-31-15-14-26(21-29(31)32-33(40(5,6)23-46)36(51-7)34-28(35(32)44)13-10-17-41-34)25-12-9-11-24(19-25)20-30(42-38(48)52-39(2,3)4)37(47)43-18-16-27(22-43)45(49)50/h9-15,17,19,21,27,30,33,36,46H,8,16,18,20,22-23H2,1-7H3,(H,42,48)/t27-,30+,33?,36+/m1/s1. The van der Waals surface area contributed by atoms with Gasteiger partial charge in [-0.2, -0.15) is 0 Å². The number of aliphatic hydroxyl groups is 1. The zero-order chi connectivity index (χ0) is 37.5. The average molecular weight is 712 g/mol. The smallest absolute Gasteiger partial charge is 0.408 e. The van der Waals surface area contributed by atoms with Crippen LogP contribution in [-0.4, -0.2) is 81.0 Å². The number of rotatable bonds is 10. The van der Waals surface area contributed by atoms with Crippen molar-refractivity contribution in [3.8, 4) is 22.4 Å². The number of amides is 2. The van der Waals surface area contributed by atoms with Gasteiger partial charge >= 0.3 is 6.09 Å². The molecule has 1 fully saturated rings. The molecule has 2 aromatic heterocycles. The largest absolute Gasteiger partial charge is 0.444 e. The molecule has 2 aromatic carbocycles. The van der Waals surface area contributed by atoms with Gasteiger partial charge in [0.1, 0.15) is 17.7 Å². The number of benzene rings is 2. The van der Waals surface area contributed by atoms with E-state index in [9.17, 15) is 24.8 Å². The van der Waals surface area contributed by atoms with E-state index in [4.69, 9.17) is 14.5 Å². The van der Waals surface area contributed by atoms with E-state index >= 15 is 0 Å². The van der Waals surface area contributed by atoms with Crippen molar-refractivity contribution >= 4 is 22.9 Å². The first-order valence-electron chi connectivity index (χ1n) is 17.9. The monoisotopic (exact) mass is 711 g/mol. The maximum absolute atomic E-state index is 13.8. The van der Waals surface area contributed by atoms with Crippen molar-refractivity contribution in [3.63, 3.8) is 0 Å². The molecule has 276 valence electrons. The first kappa shape index (κ1) is 37.0. The summed E-state index contributed by atoms with van der Waals surface area (Å²) < 4.78 is 14.0. The third-order valence-corrected chi connectivity index (χ3v) is 10.4. The molecular weight excluding hydrogens is 662 g/mol. The van der Waals surface area contributed by atoms with Gasteiger partial charge in [-0.15, -0.1) is 0 Å². The average Bonchev–Trinajstić information content (AvgIpc) is 3.73. The number of ether oxygens (including phenoxy) is 2. The molecule has 2 amide bonds. The summed E-state index contributed by atoms with van der Waals surface area (Å²) in [5.74, 6) is -0.572. The second-order valence-corrected chi connectivity index (χ2v) is 15.6. The number of hydrogen-bond donors (Lipinski definition) is 2. The molecule has 0 radical (unpaired) electrons. The molecule has 0 saturated carbocycles. The summed E-state index contributed by atoms with van der Waals surface area (Å²) in [6.07, 6.45) is 1.13. The maximum atomic E-state index is 13.8. The van der Waals surface area contributed by atoms with Gasteiger partial charge in [-0.25, -0.2) is 4.79 Å². The number of aryl methyl sites for hydroxylation is 1. The summed E-state index contributed by atoms with van der Waals surface area (Å²) in [7, 11) is 1.70. The quantitative estimate of drug-likeness (QED) is 0.140. The number of likely N-dealkylation sites (tertiary alicyclic amines) is 1.